The Morgan fingerprint density at radius 2 is 1.94 bits per heavy atom. The largest absolute Gasteiger partial charge is 0.454 e. The van der Waals surface area contributed by atoms with Crippen LogP contribution in [0.1, 0.15) is 10.4 Å². The summed E-state index contributed by atoms with van der Waals surface area (Å²) in [4.78, 5) is 14.5. The fourth-order valence-electron chi connectivity index (χ4n) is 1.27. The lowest BCUT2D eigenvalue weighted by molar-refractivity contribution is 0.112. The number of hydrogen-bond donors (Lipinski definition) is 0. The number of halogens is 3. The summed E-state index contributed by atoms with van der Waals surface area (Å²) in [5, 5.41) is 0.886. The fourth-order valence-corrected chi connectivity index (χ4v) is 2.10. The van der Waals surface area contributed by atoms with Crippen LogP contribution >= 0.6 is 39.1 Å². The standard InChI is InChI=1S/C12H6BrCl2NO2/c13-9-2-11(15)12(3-10(9)14)18-8-1-7(6-17)4-16-5-8/h1-6H. The van der Waals surface area contributed by atoms with Crippen LogP contribution in [0.4, 0.5) is 0 Å². The highest BCUT2D eigenvalue weighted by molar-refractivity contribution is 9.10. The molecule has 1 heterocycles. The van der Waals surface area contributed by atoms with E-state index in [1.165, 1.54) is 12.4 Å². The van der Waals surface area contributed by atoms with Crippen LogP contribution in [0.5, 0.6) is 11.5 Å². The van der Waals surface area contributed by atoms with Gasteiger partial charge in [-0.15, -0.1) is 0 Å². The van der Waals surface area contributed by atoms with Crippen molar-refractivity contribution >= 4 is 45.4 Å². The van der Waals surface area contributed by atoms with E-state index in [9.17, 15) is 4.79 Å². The Morgan fingerprint density at radius 3 is 2.67 bits per heavy atom. The van der Waals surface area contributed by atoms with Crippen LogP contribution in [-0.2, 0) is 0 Å². The van der Waals surface area contributed by atoms with Crippen LogP contribution in [0.3, 0.4) is 0 Å². The summed E-state index contributed by atoms with van der Waals surface area (Å²) in [6.07, 6.45) is 3.62. The number of ether oxygens (including phenoxy) is 1. The molecule has 0 unspecified atom stereocenters. The van der Waals surface area contributed by atoms with Gasteiger partial charge in [0.05, 0.1) is 16.2 Å². The van der Waals surface area contributed by atoms with E-state index in [-0.39, 0.29) is 0 Å². The summed E-state index contributed by atoms with van der Waals surface area (Å²) in [6.45, 7) is 0. The van der Waals surface area contributed by atoms with Gasteiger partial charge in [0.1, 0.15) is 11.5 Å². The number of rotatable bonds is 3. The van der Waals surface area contributed by atoms with Gasteiger partial charge >= 0.3 is 0 Å². The van der Waals surface area contributed by atoms with E-state index in [2.05, 4.69) is 20.9 Å². The SMILES string of the molecule is O=Cc1cncc(Oc2cc(Cl)c(Br)cc2Cl)c1. The molecule has 1 aromatic heterocycles. The van der Waals surface area contributed by atoms with Crippen LogP contribution < -0.4 is 4.74 Å². The van der Waals surface area contributed by atoms with Gasteiger partial charge in [-0.25, -0.2) is 0 Å². The third kappa shape index (κ3) is 3.02. The smallest absolute Gasteiger partial charge is 0.151 e. The minimum absolute atomic E-state index is 0.398. The molecule has 0 saturated heterocycles. The molecule has 92 valence electrons. The van der Waals surface area contributed by atoms with Crippen molar-refractivity contribution in [1.29, 1.82) is 0 Å². The number of hydrogen-bond acceptors (Lipinski definition) is 3. The first-order valence-corrected chi connectivity index (χ1v) is 6.37. The van der Waals surface area contributed by atoms with Crippen molar-refractivity contribution < 1.29 is 9.53 Å². The molecule has 0 aliphatic rings. The van der Waals surface area contributed by atoms with E-state index in [4.69, 9.17) is 27.9 Å². The normalized spacial score (nSPS) is 10.2. The molecule has 0 radical (unpaired) electrons. The molecule has 0 aliphatic heterocycles. The van der Waals surface area contributed by atoms with Crippen LogP contribution in [0, 0.1) is 0 Å². The van der Waals surface area contributed by atoms with E-state index in [0.717, 1.165) is 0 Å². The first-order valence-electron chi connectivity index (χ1n) is 4.83. The van der Waals surface area contributed by atoms with Crippen LogP contribution in [0.25, 0.3) is 0 Å². The minimum Gasteiger partial charge on any atom is -0.454 e. The summed E-state index contributed by atoms with van der Waals surface area (Å²) >= 11 is 15.2. The quantitative estimate of drug-likeness (QED) is 0.594. The van der Waals surface area contributed by atoms with E-state index >= 15 is 0 Å². The van der Waals surface area contributed by atoms with E-state index in [1.54, 1.807) is 18.2 Å². The Balaban J connectivity index is 2.33. The Hall–Kier alpha value is -1.10. The highest BCUT2D eigenvalue weighted by atomic mass is 79.9. The van der Waals surface area contributed by atoms with Gasteiger partial charge in [-0.1, -0.05) is 23.2 Å². The van der Waals surface area contributed by atoms with Crippen LogP contribution in [-0.4, -0.2) is 11.3 Å². The molecule has 6 heteroatoms. The number of carbonyl (C=O) groups is 1. The summed E-state index contributed by atoms with van der Waals surface area (Å²) < 4.78 is 6.21. The predicted octanol–water partition coefficient (Wildman–Crippen LogP) is 4.76. The Kier molecular flexibility index (Phi) is 4.22. The second kappa shape index (κ2) is 5.69. The molecule has 0 aliphatic carbocycles. The molecule has 2 rings (SSSR count). The van der Waals surface area contributed by atoms with Gasteiger partial charge in [0.15, 0.2) is 6.29 Å². The van der Waals surface area contributed by atoms with E-state index in [1.807, 2.05) is 0 Å². The van der Waals surface area contributed by atoms with Gasteiger partial charge in [0.2, 0.25) is 0 Å². The van der Waals surface area contributed by atoms with Gasteiger partial charge in [-0.2, -0.15) is 0 Å². The lowest BCUT2D eigenvalue weighted by Crippen LogP contribution is -1.89. The van der Waals surface area contributed by atoms with Crippen LogP contribution in [0.15, 0.2) is 35.1 Å². The second-order valence-electron chi connectivity index (χ2n) is 3.37. The highest BCUT2D eigenvalue weighted by Crippen LogP contribution is 2.36. The van der Waals surface area contributed by atoms with Gasteiger partial charge in [0.25, 0.3) is 0 Å². The highest BCUT2D eigenvalue weighted by Gasteiger charge is 2.08. The molecular formula is C12H6BrCl2NO2. The first-order chi connectivity index (χ1) is 8.60. The second-order valence-corrected chi connectivity index (χ2v) is 5.04. The summed E-state index contributed by atoms with van der Waals surface area (Å²) in [5.41, 5.74) is 0.423. The molecule has 18 heavy (non-hydrogen) atoms. The molecular weight excluding hydrogens is 341 g/mol. The molecule has 0 saturated carbocycles. The van der Waals surface area contributed by atoms with Crippen LogP contribution in [0.2, 0.25) is 10.0 Å². The average molecular weight is 347 g/mol. The summed E-state index contributed by atoms with van der Waals surface area (Å²) in [6, 6.07) is 4.78. The molecule has 2 aromatic rings. The minimum atomic E-state index is 0.398. The number of pyridine rings is 1. The zero-order valence-corrected chi connectivity index (χ0v) is 12.0. The number of carbonyl (C=O) groups excluding carboxylic acids is 1. The maximum absolute atomic E-state index is 10.6. The molecule has 0 spiro atoms. The Labute approximate surface area is 122 Å². The number of aldehydes is 1. The third-order valence-corrected chi connectivity index (χ3v) is 3.57. The lowest BCUT2D eigenvalue weighted by Gasteiger charge is -2.08. The molecule has 0 amide bonds. The summed E-state index contributed by atoms with van der Waals surface area (Å²) in [7, 11) is 0. The zero-order valence-electron chi connectivity index (χ0n) is 8.86. The zero-order chi connectivity index (χ0) is 13.1. The van der Waals surface area contributed by atoms with Crippen molar-refractivity contribution in [2.45, 2.75) is 0 Å². The summed E-state index contributed by atoms with van der Waals surface area (Å²) in [5.74, 6) is 0.814. The molecule has 3 nitrogen and oxygen atoms in total. The van der Waals surface area contributed by atoms with Crippen molar-refractivity contribution in [2.75, 3.05) is 0 Å². The van der Waals surface area contributed by atoms with Gasteiger partial charge in [-0.05, 0) is 28.1 Å². The Bertz CT molecular complexity index is 605. The number of nitrogens with zero attached hydrogens (tertiary/aromatic N) is 1. The average Bonchev–Trinajstić information content (AvgIpc) is 2.36. The number of benzene rings is 1. The Morgan fingerprint density at radius 1 is 1.17 bits per heavy atom. The van der Waals surface area contributed by atoms with Gasteiger partial charge < -0.3 is 4.74 Å². The van der Waals surface area contributed by atoms with E-state index < -0.39 is 0 Å². The fraction of sp³-hybridized carbons (Fsp3) is 0. The molecule has 0 atom stereocenters. The van der Waals surface area contributed by atoms with Crippen molar-refractivity contribution in [1.82, 2.24) is 4.98 Å². The number of aromatic nitrogens is 1. The molecule has 1 aromatic carbocycles. The van der Waals surface area contributed by atoms with Gasteiger partial charge in [0, 0.05) is 22.3 Å². The maximum atomic E-state index is 10.6. The molecule has 0 bridgehead atoms. The van der Waals surface area contributed by atoms with Crippen molar-refractivity contribution in [3.63, 3.8) is 0 Å². The topological polar surface area (TPSA) is 39.2 Å². The first kappa shape index (κ1) is 13.3. The molecule has 0 N–H and O–H groups in total. The van der Waals surface area contributed by atoms with Crippen molar-refractivity contribution in [3.8, 4) is 11.5 Å². The van der Waals surface area contributed by atoms with Crippen molar-refractivity contribution in [3.05, 3.63) is 50.7 Å². The van der Waals surface area contributed by atoms with Gasteiger partial charge in [-0.3, -0.25) is 9.78 Å². The third-order valence-electron chi connectivity index (χ3n) is 2.07. The lowest BCUT2D eigenvalue weighted by atomic mass is 10.3. The predicted molar refractivity (Wildman–Crippen MR) is 73.9 cm³/mol. The maximum Gasteiger partial charge on any atom is 0.151 e. The van der Waals surface area contributed by atoms with Crippen molar-refractivity contribution in [2.24, 2.45) is 0 Å². The monoisotopic (exact) mass is 345 g/mol. The molecule has 0 fully saturated rings. The van der Waals surface area contributed by atoms with E-state index in [0.29, 0.717) is 37.9 Å².